The van der Waals surface area contributed by atoms with Crippen LogP contribution in [0.25, 0.3) is 0 Å². The molecule has 0 aliphatic carbocycles. The van der Waals surface area contributed by atoms with Gasteiger partial charge in [0.2, 0.25) is 5.95 Å². The summed E-state index contributed by atoms with van der Waals surface area (Å²) in [5, 5.41) is 6.37. The van der Waals surface area contributed by atoms with Gasteiger partial charge in [0, 0.05) is 12.7 Å². The number of anilines is 3. The van der Waals surface area contributed by atoms with Gasteiger partial charge in [-0.15, -0.1) is 0 Å². The number of hydrogen-bond donors (Lipinski definition) is 2. The zero-order valence-electron chi connectivity index (χ0n) is 14.8. The number of aromatic nitrogens is 2. The first-order valence-corrected chi connectivity index (χ1v) is 8.37. The van der Waals surface area contributed by atoms with E-state index < -0.39 is 0 Å². The van der Waals surface area contributed by atoms with Crippen LogP contribution < -0.4 is 15.4 Å². The van der Waals surface area contributed by atoms with E-state index in [9.17, 15) is 4.39 Å². The van der Waals surface area contributed by atoms with Gasteiger partial charge in [-0.3, -0.25) is 0 Å². The summed E-state index contributed by atoms with van der Waals surface area (Å²) in [5.41, 5.74) is 2.58. The van der Waals surface area contributed by atoms with Crippen LogP contribution in [-0.2, 0) is 6.42 Å². The third-order valence-corrected chi connectivity index (χ3v) is 3.92. The molecule has 3 rings (SSSR count). The van der Waals surface area contributed by atoms with Crippen LogP contribution in [0.15, 0.2) is 54.7 Å². The van der Waals surface area contributed by atoms with E-state index in [2.05, 4.69) is 20.6 Å². The van der Waals surface area contributed by atoms with Gasteiger partial charge in [-0.05, 0) is 48.7 Å². The quantitative estimate of drug-likeness (QED) is 0.663. The molecule has 0 atom stereocenters. The number of halogens is 1. The van der Waals surface area contributed by atoms with E-state index in [1.165, 1.54) is 6.07 Å². The molecule has 26 heavy (non-hydrogen) atoms. The Labute approximate surface area is 152 Å². The van der Waals surface area contributed by atoms with Crippen molar-refractivity contribution in [3.63, 3.8) is 0 Å². The molecule has 0 saturated carbocycles. The molecular formula is C20H21FN4O. The number of methoxy groups -OCH3 is 1. The molecule has 6 heteroatoms. The highest BCUT2D eigenvalue weighted by atomic mass is 19.1. The summed E-state index contributed by atoms with van der Waals surface area (Å²) >= 11 is 0. The minimum absolute atomic E-state index is 0.189. The average Bonchev–Trinajstić information content (AvgIpc) is 2.64. The fourth-order valence-corrected chi connectivity index (χ4v) is 2.58. The van der Waals surface area contributed by atoms with Crippen molar-refractivity contribution in [2.75, 3.05) is 24.3 Å². The Hall–Kier alpha value is -3.15. The van der Waals surface area contributed by atoms with Crippen LogP contribution >= 0.6 is 0 Å². The molecule has 0 aliphatic rings. The summed E-state index contributed by atoms with van der Waals surface area (Å²) in [6, 6.07) is 14.4. The van der Waals surface area contributed by atoms with Crippen LogP contribution in [0, 0.1) is 12.7 Å². The molecule has 0 spiro atoms. The van der Waals surface area contributed by atoms with E-state index in [1.807, 2.05) is 31.2 Å². The smallest absolute Gasteiger partial charge is 0.229 e. The number of ether oxygens (including phenoxy) is 1. The Morgan fingerprint density at radius 1 is 1.12 bits per heavy atom. The molecular weight excluding hydrogens is 331 g/mol. The lowest BCUT2D eigenvalue weighted by atomic mass is 10.1. The molecule has 0 aliphatic heterocycles. The molecule has 0 saturated heterocycles. The van der Waals surface area contributed by atoms with Crippen LogP contribution in [0.3, 0.4) is 0 Å². The van der Waals surface area contributed by atoms with Crippen molar-refractivity contribution in [2.24, 2.45) is 0 Å². The number of nitrogens with zero attached hydrogens (tertiary/aromatic N) is 2. The number of nitrogens with one attached hydrogen (secondary N) is 2. The average molecular weight is 352 g/mol. The maximum atomic E-state index is 13.7. The maximum Gasteiger partial charge on any atom is 0.229 e. The summed E-state index contributed by atoms with van der Waals surface area (Å²) in [5.74, 6) is 1.67. The normalized spacial score (nSPS) is 10.4. The minimum Gasteiger partial charge on any atom is -0.495 e. The highest BCUT2D eigenvalue weighted by molar-refractivity contribution is 5.64. The zero-order chi connectivity index (χ0) is 18.4. The third-order valence-electron chi connectivity index (χ3n) is 3.92. The van der Waals surface area contributed by atoms with Crippen LogP contribution in [0.1, 0.15) is 11.1 Å². The monoisotopic (exact) mass is 352 g/mol. The first-order valence-electron chi connectivity index (χ1n) is 8.37. The van der Waals surface area contributed by atoms with E-state index >= 15 is 0 Å². The van der Waals surface area contributed by atoms with Gasteiger partial charge >= 0.3 is 0 Å². The summed E-state index contributed by atoms with van der Waals surface area (Å²) in [6.45, 7) is 2.58. The predicted molar refractivity (Wildman–Crippen MR) is 102 cm³/mol. The van der Waals surface area contributed by atoms with Crippen LogP contribution in [-0.4, -0.2) is 23.6 Å². The number of rotatable bonds is 7. The molecule has 5 nitrogen and oxygen atoms in total. The van der Waals surface area contributed by atoms with E-state index in [1.54, 1.807) is 31.5 Å². The van der Waals surface area contributed by atoms with Crippen molar-refractivity contribution < 1.29 is 9.13 Å². The topological polar surface area (TPSA) is 59.1 Å². The van der Waals surface area contributed by atoms with Crippen molar-refractivity contribution >= 4 is 17.5 Å². The summed E-state index contributed by atoms with van der Waals surface area (Å²) in [6.07, 6.45) is 2.24. The number of hydrogen-bond acceptors (Lipinski definition) is 5. The maximum absolute atomic E-state index is 13.7. The Bertz CT molecular complexity index is 885. The second kappa shape index (κ2) is 8.29. The van der Waals surface area contributed by atoms with E-state index in [0.717, 1.165) is 17.0 Å². The molecule has 134 valence electrons. The van der Waals surface area contributed by atoms with Gasteiger partial charge in [-0.25, -0.2) is 9.37 Å². The highest BCUT2D eigenvalue weighted by Crippen LogP contribution is 2.27. The van der Waals surface area contributed by atoms with Crippen molar-refractivity contribution in [1.29, 1.82) is 0 Å². The van der Waals surface area contributed by atoms with Gasteiger partial charge < -0.3 is 15.4 Å². The first-order chi connectivity index (χ1) is 12.7. The van der Waals surface area contributed by atoms with Crippen LogP contribution in [0.2, 0.25) is 0 Å². The second-order valence-electron chi connectivity index (χ2n) is 5.86. The van der Waals surface area contributed by atoms with Crippen molar-refractivity contribution in [1.82, 2.24) is 9.97 Å². The third kappa shape index (κ3) is 4.47. The molecule has 0 bridgehead atoms. The molecule has 0 fully saturated rings. The summed E-state index contributed by atoms with van der Waals surface area (Å²) in [7, 11) is 1.62. The fraction of sp³-hybridized carbons (Fsp3) is 0.200. The molecule has 3 aromatic rings. The van der Waals surface area contributed by atoms with Gasteiger partial charge in [-0.1, -0.05) is 24.3 Å². The molecule has 1 aromatic heterocycles. The Morgan fingerprint density at radius 3 is 2.77 bits per heavy atom. The summed E-state index contributed by atoms with van der Waals surface area (Å²) < 4.78 is 19.0. The first kappa shape index (κ1) is 17.7. The number of aryl methyl sites for hydroxylation is 1. The van der Waals surface area contributed by atoms with Crippen molar-refractivity contribution in [2.45, 2.75) is 13.3 Å². The van der Waals surface area contributed by atoms with E-state index in [4.69, 9.17) is 4.74 Å². The second-order valence-corrected chi connectivity index (χ2v) is 5.86. The van der Waals surface area contributed by atoms with Crippen molar-refractivity contribution in [3.05, 3.63) is 71.7 Å². The Balaban J connectivity index is 1.65. The zero-order valence-corrected chi connectivity index (χ0v) is 14.8. The lowest BCUT2D eigenvalue weighted by molar-refractivity contribution is 0.416. The van der Waals surface area contributed by atoms with Crippen molar-refractivity contribution in [3.8, 4) is 5.75 Å². The van der Waals surface area contributed by atoms with Crippen LogP contribution in [0.4, 0.5) is 21.8 Å². The van der Waals surface area contributed by atoms with Gasteiger partial charge in [-0.2, -0.15) is 4.98 Å². The summed E-state index contributed by atoms with van der Waals surface area (Å²) in [4.78, 5) is 8.69. The van der Waals surface area contributed by atoms with E-state index in [0.29, 0.717) is 30.3 Å². The standard InChI is InChI=1S/C20H21FN4O/c1-14-7-8-18(26-2)17(13-14)24-20-23-12-10-19(25-20)22-11-9-15-5-3-4-6-16(15)21/h3-8,10,12-13H,9,11H2,1-2H3,(H2,22,23,24,25). The van der Waals surface area contributed by atoms with Gasteiger partial charge in [0.25, 0.3) is 0 Å². The Kier molecular flexibility index (Phi) is 5.63. The molecule has 0 unspecified atom stereocenters. The van der Waals surface area contributed by atoms with Gasteiger partial charge in [0.1, 0.15) is 17.4 Å². The molecule has 0 amide bonds. The van der Waals surface area contributed by atoms with Crippen LogP contribution in [0.5, 0.6) is 5.75 Å². The van der Waals surface area contributed by atoms with Gasteiger partial charge in [0.15, 0.2) is 0 Å². The molecule has 2 N–H and O–H groups in total. The molecule has 1 heterocycles. The molecule has 0 radical (unpaired) electrons. The minimum atomic E-state index is -0.189. The predicted octanol–water partition coefficient (Wildman–Crippen LogP) is 4.33. The highest BCUT2D eigenvalue weighted by Gasteiger charge is 2.06. The lowest BCUT2D eigenvalue weighted by Gasteiger charge is -2.12. The fourth-order valence-electron chi connectivity index (χ4n) is 2.58. The molecule has 2 aromatic carbocycles. The SMILES string of the molecule is COc1ccc(C)cc1Nc1nccc(NCCc2ccccc2F)n1. The lowest BCUT2D eigenvalue weighted by Crippen LogP contribution is -2.08. The number of benzene rings is 2. The largest absolute Gasteiger partial charge is 0.495 e. The van der Waals surface area contributed by atoms with Gasteiger partial charge in [0.05, 0.1) is 12.8 Å². The Morgan fingerprint density at radius 2 is 1.96 bits per heavy atom. The van der Waals surface area contributed by atoms with E-state index in [-0.39, 0.29) is 5.82 Å².